The Hall–Kier alpha value is -1.57. The van der Waals surface area contributed by atoms with Gasteiger partial charge in [-0.1, -0.05) is 17.7 Å². The lowest BCUT2D eigenvalue weighted by atomic mass is 10.1. The van der Waals surface area contributed by atoms with E-state index in [2.05, 4.69) is 42.4 Å². The van der Waals surface area contributed by atoms with Crippen LogP contribution in [0.25, 0.3) is 0 Å². The third-order valence-electron chi connectivity index (χ3n) is 3.17. The lowest BCUT2D eigenvalue weighted by molar-refractivity contribution is -0.123. The lowest BCUT2D eigenvalue weighted by Crippen LogP contribution is -2.24. The standard InChI is InChI=1S/C17H15Br2ClN2O3/c1-9-3-10(2)17(14(19)4-9)25-8-15(23)22-21-7-11-5-12(20)6-13(18)16(11)24/h3-7,24H,8H2,1-2H3,(H,22,23). The van der Waals surface area contributed by atoms with E-state index in [1.165, 1.54) is 12.3 Å². The second-order valence-electron chi connectivity index (χ2n) is 5.30. The molecule has 0 aromatic heterocycles. The fourth-order valence-corrected chi connectivity index (χ4v) is 3.74. The molecule has 132 valence electrons. The van der Waals surface area contributed by atoms with E-state index in [4.69, 9.17) is 16.3 Å². The number of rotatable bonds is 5. The summed E-state index contributed by atoms with van der Waals surface area (Å²) in [6.45, 7) is 3.70. The van der Waals surface area contributed by atoms with Gasteiger partial charge in [0.15, 0.2) is 6.61 Å². The van der Waals surface area contributed by atoms with Gasteiger partial charge in [0.25, 0.3) is 5.91 Å². The summed E-state index contributed by atoms with van der Waals surface area (Å²) >= 11 is 12.5. The molecule has 2 rings (SSSR count). The Morgan fingerprint density at radius 1 is 1.28 bits per heavy atom. The largest absolute Gasteiger partial charge is 0.506 e. The number of benzene rings is 2. The Labute approximate surface area is 167 Å². The molecule has 0 aliphatic heterocycles. The molecule has 0 saturated carbocycles. The first kappa shape index (κ1) is 19.8. The SMILES string of the molecule is Cc1cc(C)c(OCC(=O)NN=Cc2cc(Cl)cc(Br)c2O)c(Br)c1. The van der Waals surface area contributed by atoms with Crippen molar-refractivity contribution < 1.29 is 14.6 Å². The molecule has 2 N–H and O–H groups in total. The van der Waals surface area contributed by atoms with Crippen molar-refractivity contribution in [3.05, 3.63) is 54.9 Å². The van der Waals surface area contributed by atoms with Gasteiger partial charge in [0.05, 0.1) is 15.2 Å². The molecule has 0 bridgehead atoms. The summed E-state index contributed by atoms with van der Waals surface area (Å²) in [6, 6.07) is 6.97. The van der Waals surface area contributed by atoms with Crippen molar-refractivity contribution in [1.82, 2.24) is 5.43 Å². The highest BCUT2D eigenvalue weighted by Crippen LogP contribution is 2.31. The second-order valence-corrected chi connectivity index (χ2v) is 7.45. The number of hydrazone groups is 1. The number of halogens is 3. The van der Waals surface area contributed by atoms with Crippen LogP contribution in [0, 0.1) is 13.8 Å². The molecule has 5 nitrogen and oxygen atoms in total. The van der Waals surface area contributed by atoms with Crippen LogP contribution in [0.2, 0.25) is 5.02 Å². The number of aromatic hydroxyl groups is 1. The monoisotopic (exact) mass is 488 g/mol. The highest BCUT2D eigenvalue weighted by molar-refractivity contribution is 9.10. The smallest absolute Gasteiger partial charge is 0.277 e. The van der Waals surface area contributed by atoms with Gasteiger partial charge in [0.1, 0.15) is 11.5 Å². The predicted octanol–water partition coefficient (Wildman–Crippen LogP) is 4.72. The molecule has 8 heteroatoms. The summed E-state index contributed by atoms with van der Waals surface area (Å²) in [5.41, 5.74) is 4.73. The van der Waals surface area contributed by atoms with Crippen LogP contribution in [0.1, 0.15) is 16.7 Å². The Morgan fingerprint density at radius 3 is 2.68 bits per heavy atom. The molecule has 0 saturated heterocycles. The van der Waals surface area contributed by atoms with Gasteiger partial charge in [0.2, 0.25) is 0 Å². The lowest BCUT2D eigenvalue weighted by Gasteiger charge is -2.11. The zero-order valence-corrected chi connectivity index (χ0v) is 17.4. The molecule has 0 spiro atoms. The number of aryl methyl sites for hydroxylation is 2. The van der Waals surface area contributed by atoms with Crippen LogP contribution in [0.4, 0.5) is 0 Å². The highest BCUT2D eigenvalue weighted by Gasteiger charge is 2.09. The van der Waals surface area contributed by atoms with Crippen molar-refractivity contribution in [3.8, 4) is 11.5 Å². The van der Waals surface area contributed by atoms with Crippen molar-refractivity contribution in [3.63, 3.8) is 0 Å². The Balaban J connectivity index is 1.96. The first-order valence-corrected chi connectivity index (χ1v) is 9.13. The Kier molecular flexibility index (Phi) is 6.87. The minimum absolute atomic E-state index is 0.0159. The fraction of sp³-hybridized carbons (Fsp3) is 0.176. The number of amides is 1. The average Bonchev–Trinajstić information content (AvgIpc) is 2.50. The van der Waals surface area contributed by atoms with Gasteiger partial charge in [-0.05, 0) is 75.0 Å². The summed E-state index contributed by atoms with van der Waals surface area (Å²) < 4.78 is 6.77. The molecule has 2 aromatic carbocycles. The van der Waals surface area contributed by atoms with Crippen LogP contribution in [-0.4, -0.2) is 23.8 Å². The van der Waals surface area contributed by atoms with Gasteiger partial charge in [-0.25, -0.2) is 5.43 Å². The van der Waals surface area contributed by atoms with E-state index >= 15 is 0 Å². The third kappa shape index (κ3) is 5.45. The molecule has 0 atom stereocenters. The molecule has 2 aromatic rings. The molecular formula is C17H15Br2ClN2O3. The summed E-state index contributed by atoms with van der Waals surface area (Å²) in [5.74, 6) is 0.169. The zero-order chi connectivity index (χ0) is 18.6. The normalized spacial score (nSPS) is 10.9. The molecule has 0 radical (unpaired) electrons. The number of ether oxygens (including phenoxy) is 1. The van der Waals surface area contributed by atoms with Crippen LogP contribution in [0.15, 0.2) is 38.3 Å². The van der Waals surface area contributed by atoms with Crippen molar-refractivity contribution in [2.45, 2.75) is 13.8 Å². The number of nitrogens with one attached hydrogen (secondary N) is 1. The van der Waals surface area contributed by atoms with Gasteiger partial charge in [-0.3, -0.25) is 4.79 Å². The van der Waals surface area contributed by atoms with Crippen molar-refractivity contribution in [1.29, 1.82) is 0 Å². The number of hydrogen-bond acceptors (Lipinski definition) is 4. The minimum Gasteiger partial charge on any atom is -0.506 e. The number of carbonyl (C=O) groups excluding carboxylic acids is 1. The molecular weight excluding hydrogens is 475 g/mol. The van der Waals surface area contributed by atoms with Crippen LogP contribution in [0.3, 0.4) is 0 Å². The van der Waals surface area contributed by atoms with E-state index < -0.39 is 5.91 Å². The third-order valence-corrected chi connectivity index (χ3v) is 4.58. The fourth-order valence-electron chi connectivity index (χ4n) is 2.11. The maximum atomic E-state index is 11.9. The number of hydrogen-bond donors (Lipinski definition) is 2. The molecule has 0 heterocycles. The van der Waals surface area contributed by atoms with Crippen LogP contribution in [-0.2, 0) is 4.79 Å². The van der Waals surface area contributed by atoms with Crippen molar-refractivity contribution in [2.24, 2.45) is 5.10 Å². The Morgan fingerprint density at radius 2 is 2.00 bits per heavy atom. The van der Waals surface area contributed by atoms with Crippen molar-refractivity contribution >= 4 is 55.6 Å². The maximum absolute atomic E-state index is 11.9. The van der Waals surface area contributed by atoms with Gasteiger partial charge >= 0.3 is 0 Å². The summed E-state index contributed by atoms with van der Waals surface area (Å²) in [4.78, 5) is 11.9. The zero-order valence-electron chi connectivity index (χ0n) is 13.4. The summed E-state index contributed by atoms with van der Waals surface area (Å²) in [5, 5.41) is 14.1. The Bertz CT molecular complexity index is 818. The molecule has 0 aliphatic rings. The quantitative estimate of drug-likeness (QED) is 0.471. The molecule has 0 fully saturated rings. The number of carbonyl (C=O) groups is 1. The van der Waals surface area contributed by atoms with Gasteiger partial charge in [0, 0.05) is 10.6 Å². The number of nitrogens with zero attached hydrogens (tertiary/aromatic N) is 1. The maximum Gasteiger partial charge on any atom is 0.277 e. The average molecular weight is 491 g/mol. The summed E-state index contributed by atoms with van der Waals surface area (Å²) in [7, 11) is 0. The van der Waals surface area contributed by atoms with Gasteiger partial charge in [-0.15, -0.1) is 0 Å². The second kappa shape index (κ2) is 8.69. The molecule has 1 amide bonds. The van der Waals surface area contributed by atoms with Gasteiger partial charge in [-0.2, -0.15) is 5.10 Å². The highest BCUT2D eigenvalue weighted by atomic mass is 79.9. The molecule has 25 heavy (non-hydrogen) atoms. The van der Waals surface area contributed by atoms with E-state index in [-0.39, 0.29) is 12.4 Å². The number of phenols is 1. The van der Waals surface area contributed by atoms with Crippen LogP contribution < -0.4 is 10.2 Å². The van der Waals surface area contributed by atoms with E-state index in [1.54, 1.807) is 6.07 Å². The van der Waals surface area contributed by atoms with Crippen LogP contribution in [0.5, 0.6) is 11.5 Å². The molecule has 0 aliphatic carbocycles. The summed E-state index contributed by atoms with van der Waals surface area (Å²) in [6.07, 6.45) is 1.30. The van der Waals surface area contributed by atoms with Crippen molar-refractivity contribution in [2.75, 3.05) is 6.61 Å². The number of phenolic OH excluding ortho intramolecular Hbond substituents is 1. The van der Waals surface area contributed by atoms with Gasteiger partial charge < -0.3 is 9.84 Å². The first-order chi connectivity index (χ1) is 11.8. The van der Waals surface area contributed by atoms with Crippen LogP contribution >= 0.6 is 43.5 Å². The van der Waals surface area contributed by atoms with E-state index in [0.29, 0.717) is 20.8 Å². The predicted molar refractivity (Wildman–Crippen MR) is 106 cm³/mol. The minimum atomic E-state index is -0.427. The topological polar surface area (TPSA) is 70.9 Å². The van der Waals surface area contributed by atoms with E-state index in [1.807, 2.05) is 26.0 Å². The van der Waals surface area contributed by atoms with E-state index in [9.17, 15) is 9.90 Å². The molecule has 0 unspecified atom stereocenters. The first-order valence-electron chi connectivity index (χ1n) is 7.17. The van der Waals surface area contributed by atoms with E-state index in [0.717, 1.165) is 15.6 Å².